The van der Waals surface area contributed by atoms with E-state index in [1.807, 2.05) is 48.9 Å². The molecule has 0 unspecified atom stereocenters. The fourth-order valence-corrected chi connectivity index (χ4v) is 2.97. The van der Waals surface area contributed by atoms with E-state index in [4.69, 9.17) is 0 Å². The van der Waals surface area contributed by atoms with Crippen LogP contribution in [0.1, 0.15) is 0 Å². The third-order valence-electron chi connectivity index (χ3n) is 4.08. The lowest BCUT2D eigenvalue weighted by Crippen LogP contribution is -2.21. The van der Waals surface area contributed by atoms with Crippen molar-refractivity contribution in [1.29, 1.82) is 0 Å². The van der Waals surface area contributed by atoms with E-state index in [0.717, 1.165) is 40.2 Å². The highest BCUT2D eigenvalue weighted by molar-refractivity contribution is 6.19. The molecule has 4 aliphatic heterocycles. The molecule has 8 bridgehead atoms. The van der Waals surface area contributed by atoms with Gasteiger partial charge in [0.05, 0.1) is 34.8 Å². The number of aromatic nitrogens is 1. The molecule has 5 heteroatoms. The van der Waals surface area contributed by atoms with E-state index in [0.29, 0.717) is 0 Å². The van der Waals surface area contributed by atoms with Gasteiger partial charge >= 0.3 is 0 Å². The van der Waals surface area contributed by atoms with Crippen molar-refractivity contribution in [2.24, 2.45) is 9.98 Å². The lowest BCUT2D eigenvalue weighted by atomic mass is 10.3. The quantitative estimate of drug-likeness (QED) is 0.786. The SMILES string of the molecule is C1=CC2=NC1=CN1C=CN(C=c3ccc([nH]3)=CC3=NC(=C2)C=C3)C1. The number of H-pyrrole nitrogens is 1. The number of allylic oxidation sites excluding steroid dienone is 5. The number of rotatable bonds is 0. The van der Waals surface area contributed by atoms with E-state index < -0.39 is 0 Å². The number of nitrogens with one attached hydrogen (secondary N) is 1. The van der Waals surface area contributed by atoms with Gasteiger partial charge in [0.2, 0.25) is 0 Å². The molecule has 0 radical (unpaired) electrons. The predicted octanol–water partition coefficient (Wildman–Crippen LogP) is 1.34. The Balaban J connectivity index is 1.64. The summed E-state index contributed by atoms with van der Waals surface area (Å²) in [5.41, 5.74) is 3.73. The average Bonchev–Trinajstić information content (AvgIpc) is 3.32. The molecule has 5 heterocycles. The number of fused-ring (bicyclic) bond motifs is 6. The van der Waals surface area contributed by atoms with Crippen molar-refractivity contribution in [3.8, 4) is 0 Å². The molecule has 0 aromatic carbocycles. The summed E-state index contributed by atoms with van der Waals surface area (Å²) in [7, 11) is 0. The Bertz CT molecular complexity index is 1040. The van der Waals surface area contributed by atoms with Crippen molar-refractivity contribution in [2.45, 2.75) is 0 Å². The molecule has 5 nitrogen and oxygen atoms in total. The maximum Gasteiger partial charge on any atom is 0.0979 e. The minimum atomic E-state index is 0.773. The lowest BCUT2D eigenvalue weighted by Gasteiger charge is -2.14. The lowest BCUT2D eigenvalue weighted by molar-refractivity contribution is 0.411. The Labute approximate surface area is 139 Å². The monoisotopic (exact) mass is 313 g/mol. The third kappa shape index (κ3) is 2.46. The Morgan fingerprint density at radius 2 is 1.46 bits per heavy atom. The van der Waals surface area contributed by atoms with Gasteiger partial charge in [-0.15, -0.1) is 0 Å². The van der Waals surface area contributed by atoms with Crippen LogP contribution in [0.2, 0.25) is 0 Å². The molecule has 4 aliphatic rings. The van der Waals surface area contributed by atoms with Gasteiger partial charge in [-0.25, -0.2) is 9.98 Å². The number of hydrogen-bond donors (Lipinski definition) is 1. The molecule has 0 saturated carbocycles. The molecular formula is C19H15N5. The molecule has 116 valence electrons. The molecule has 24 heavy (non-hydrogen) atoms. The normalized spacial score (nSPS) is 20.5. The number of hydrogen-bond acceptors (Lipinski definition) is 4. The fourth-order valence-electron chi connectivity index (χ4n) is 2.97. The summed E-state index contributed by atoms with van der Waals surface area (Å²) >= 11 is 0. The van der Waals surface area contributed by atoms with Crippen molar-refractivity contribution in [3.05, 3.63) is 83.2 Å². The Morgan fingerprint density at radius 1 is 0.750 bits per heavy atom. The van der Waals surface area contributed by atoms with Crippen LogP contribution in [0.4, 0.5) is 0 Å². The minimum absolute atomic E-state index is 0.773. The summed E-state index contributed by atoms with van der Waals surface area (Å²) in [6.07, 6.45) is 20.4. The molecular weight excluding hydrogens is 298 g/mol. The smallest absolute Gasteiger partial charge is 0.0979 e. The summed E-state index contributed by atoms with van der Waals surface area (Å²) < 4.78 is 0. The first kappa shape index (κ1) is 13.1. The molecule has 1 aromatic heterocycles. The Hall–Kier alpha value is -3.34. The minimum Gasteiger partial charge on any atom is -0.354 e. The van der Waals surface area contributed by atoms with Gasteiger partial charge in [0, 0.05) is 30.1 Å². The van der Waals surface area contributed by atoms with Gasteiger partial charge in [-0.1, -0.05) is 0 Å². The van der Waals surface area contributed by atoms with Gasteiger partial charge in [-0.3, -0.25) is 0 Å². The van der Waals surface area contributed by atoms with Crippen LogP contribution in [0.3, 0.4) is 0 Å². The zero-order chi connectivity index (χ0) is 15.9. The van der Waals surface area contributed by atoms with Crippen LogP contribution in [0.25, 0.3) is 12.3 Å². The van der Waals surface area contributed by atoms with E-state index in [-0.39, 0.29) is 0 Å². The van der Waals surface area contributed by atoms with Crippen LogP contribution in [0.5, 0.6) is 0 Å². The van der Waals surface area contributed by atoms with Gasteiger partial charge in [-0.2, -0.15) is 0 Å². The molecule has 0 spiro atoms. The summed E-state index contributed by atoms with van der Waals surface area (Å²) in [5, 5.41) is 2.10. The van der Waals surface area contributed by atoms with Crippen molar-refractivity contribution >= 4 is 23.7 Å². The van der Waals surface area contributed by atoms with Crippen molar-refractivity contribution in [3.63, 3.8) is 0 Å². The molecule has 0 amide bonds. The molecule has 0 fully saturated rings. The predicted molar refractivity (Wildman–Crippen MR) is 96.0 cm³/mol. The van der Waals surface area contributed by atoms with E-state index in [2.05, 4.69) is 49.3 Å². The van der Waals surface area contributed by atoms with E-state index in [9.17, 15) is 0 Å². The Kier molecular flexibility index (Phi) is 2.79. The summed E-state index contributed by atoms with van der Waals surface area (Å²) in [6.45, 7) is 0.773. The highest BCUT2D eigenvalue weighted by atomic mass is 15.3. The van der Waals surface area contributed by atoms with Crippen molar-refractivity contribution < 1.29 is 0 Å². The van der Waals surface area contributed by atoms with Gasteiger partial charge in [0.15, 0.2) is 0 Å². The topological polar surface area (TPSA) is 47.0 Å². The van der Waals surface area contributed by atoms with Gasteiger partial charge in [0.25, 0.3) is 0 Å². The van der Waals surface area contributed by atoms with Crippen LogP contribution in [-0.4, -0.2) is 32.9 Å². The van der Waals surface area contributed by atoms with Crippen LogP contribution in [-0.2, 0) is 0 Å². The Morgan fingerprint density at radius 3 is 2.38 bits per heavy atom. The molecule has 1 N–H and O–H groups in total. The second-order valence-corrected chi connectivity index (χ2v) is 5.97. The second-order valence-electron chi connectivity index (χ2n) is 5.97. The van der Waals surface area contributed by atoms with Crippen LogP contribution in [0.15, 0.2) is 82.5 Å². The maximum atomic E-state index is 4.63. The van der Waals surface area contributed by atoms with Crippen molar-refractivity contribution in [2.75, 3.05) is 6.67 Å². The summed E-state index contributed by atoms with van der Waals surface area (Å²) in [4.78, 5) is 16.9. The van der Waals surface area contributed by atoms with Gasteiger partial charge in [0.1, 0.15) is 0 Å². The standard InChI is InChI=1S/C19H15N5/c1-2-15-10-17-4-6-19(22-17)12-24-8-7-23(13-24)11-18-5-3-16(21-18)9-14(1)20-15/h1-12,21H,13H2. The number of aliphatic imine (C=N–C) groups is 2. The average molecular weight is 313 g/mol. The van der Waals surface area contributed by atoms with Crippen LogP contribution < -0.4 is 10.7 Å². The molecule has 0 aliphatic carbocycles. The van der Waals surface area contributed by atoms with Crippen molar-refractivity contribution in [1.82, 2.24) is 14.8 Å². The maximum absolute atomic E-state index is 4.63. The first-order chi connectivity index (χ1) is 11.8. The molecule has 5 rings (SSSR count). The number of aromatic amines is 1. The van der Waals surface area contributed by atoms with Gasteiger partial charge in [-0.05, 0) is 48.6 Å². The highest BCUT2D eigenvalue weighted by Crippen LogP contribution is 2.17. The number of nitrogens with zero attached hydrogens (tertiary/aromatic N) is 4. The fraction of sp³-hybridized carbons (Fsp3) is 0.0526. The summed E-state index contributed by atoms with van der Waals surface area (Å²) in [6, 6.07) is 4.14. The van der Waals surface area contributed by atoms with Crippen LogP contribution in [0, 0.1) is 0 Å². The molecule has 1 aromatic rings. The van der Waals surface area contributed by atoms with E-state index in [1.54, 1.807) is 0 Å². The van der Waals surface area contributed by atoms with E-state index in [1.165, 1.54) is 0 Å². The molecule has 0 atom stereocenters. The largest absolute Gasteiger partial charge is 0.354 e. The second kappa shape index (κ2) is 5.09. The zero-order valence-electron chi connectivity index (χ0n) is 12.9. The third-order valence-corrected chi connectivity index (χ3v) is 4.08. The molecule has 0 saturated heterocycles. The van der Waals surface area contributed by atoms with Gasteiger partial charge < -0.3 is 14.8 Å². The van der Waals surface area contributed by atoms with E-state index >= 15 is 0 Å². The zero-order valence-corrected chi connectivity index (χ0v) is 12.9. The first-order valence-electron chi connectivity index (χ1n) is 7.86. The first-order valence-corrected chi connectivity index (χ1v) is 7.86. The highest BCUT2D eigenvalue weighted by Gasteiger charge is 2.11. The summed E-state index contributed by atoms with van der Waals surface area (Å²) in [5.74, 6) is 0. The van der Waals surface area contributed by atoms with Crippen LogP contribution >= 0.6 is 0 Å².